The zero-order valence-corrected chi connectivity index (χ0v) is 18.4. The molecule has 1 aliphatic heterocycles. The topological polar surface area (TPSA) is 49.3 Å². The molecule has 5 nitrogen and oxygen atoms in total. The minimum Gasteiger partial charge on any atom is -0.366 e. The molecule has 2 heterocycles. The number of piperazine rings is 1. The molecule has 3 aliphatic carbocycles. The van der Waals surface area contributed by atoms with Gasteiger partial charge in [-0.05, 0) is 63.7 Å². The van der Waals surface area contributed by atoms with Crippen LogP contribution in [-0.4, -0.2) is 51.9 Å². The molecule has 5 heteroatoms. The lowest BCUT2D eigenvalue weighted by atomic mass is 9.56. The van der Waals surface area contributed by atoms with Crippen molar-refractivity contribution < 1.29 is 4.79 Å². The Morgan fingerprint density at radius 1 is 1.07 bits per heavy atom. The standard InChI is InChI=1S/C24H36N4O/c1-17(2)22-25-14-21(15-26-22)27-10-11-28(24(16-27)8-9-24)20-12-23(13-20)6-4-19(5-7-23)18(3)29/h14-15,17,19-20H,4-13,16H2,1-3H3. The molecule has 0 bridgehead atoms. The van der Waals surface area contributed by atoms with Crippen LogP contribution in [0.2, 0.25) is 0 Å². The fourth-order valence-corrected chi connectivity index (χ4v) is 6.37. The first-order chi connectivity index (χ1) is 13.9. The molecule has 29 heavy (non-hydrogen) atoms. The Kier molecular flexibility index (Phi) is 4.73. The molecule has 0 radical (unpaired) electrons. The molecule has 0 atom stereocenters. The van der Waals surface area contributed by atoms with E-state index in [2.05, 4.69) is 33.6 Å². The second-order valence-corrected chi connectivity index (χ2v) is 10.7. The number of aromatic nitrogens is 2. The maximum absolute atomic E-state index is 11.7. The first-order valence-electron chi connectivity index (χ1n) is 11.7. The van der Waals surface area contributed by atoms with Crippen LogP contribution < -0.4 is 4.90 Å². The van der Waals surface area contributed by atoms with E-state index in [0.29, 0.717) is 28.6 Å². The van der Waals surface area contributed by atoms with Crippen molar-refractivity contribution >= 4 is 11.5 Å². The summed E-state index contributed by atoms with van der Waals surface area (Å²) in [6.07, 6.45) is 14.3. The summed E-state index contributed by atoms with van der Waals surface area (Å²) in [5.74, 6) is 2.08. The number of rotatable bonds is 4. The molecule has 0 aromatic carbocycles. The van der Waals surface area contributed by atoms with E-state index in [1.165, 1.54) is 50.8 Å². The van der Waals surface area contributed by atoms with Crippen LogP contribution in [0, 0.1) is 11.3 Å². The van der Waals surface area contributed by atoms with E-state index in [-0.39, 0.29) is 0 Å². The Balaban J connectivity index is 1.19. The van der Waals surface area contributed by atoms with E-state index >= 15 is 0 Å². The number of hydrogen-bond donors (Lipinski definition) is 0. The normalized spacial score (nSPS) is 33.9. The van der Waals surface area contributed by atoms with Gasteiger partial charge >= 0.3 is 0 Å². The summed E-state index contributed by atoms with van der Waals surface area (Å²) >= 11 is 0. The van der Waals surface area contributed by atoms with Gasteiger partial charge in [-0.2, -0.15) is 0 Å². The van der Waals surface area contributed by atoms with Crippen molar-refractivity contribution in [3.05, 3.63) is 18.2 Å². The van der Waals surface area contributed by atoms with Crippen molar-refractivity contribution in [2.24, 2.45) is 11.3 Å². The zero-order chi connectivity index (χ0) is 20.2. The quantitative estimate of drug-likeness (QED) is 0.764. The summed E-state index contributed by atoms with van der Waals surface area (Å²) in [5.41, 5.74) is 2.15. The van der Waals surface area contributed by atoms with E-state index in [9.17, 15) is 4.79 Å². The van der Waals surface area contributed by atoms with Gasteiger partial charge in [-0.15, -0.1) is 0 Å². The Morgan fingerprint density at radius 2 is 1.72 bits per heavy atom. The van der Waals surface area contributed by atoms with Crippen LogP contribution >= 0.6 is 0 Å². The largest absolute Gasteiger partial charge is 0.366 e. The second-order valence-electron chi connectivity index (χ2n) is 10.7. The van der Waals surface area contributed by atoms with Crippen LogP contribution in [-0.2, 0) is 4.79 Å². The summed E-state index contributed by atoms with van der Waals surface area (Å²) in [7, 11) is 0. The number of hydrogen-bond acceptors (Lipinski definition) is 5. The van der Waals surface area contributed by atoms with Gasteiger partial charge in [-0.3, -0.25) is 9.69 Å². The summed E-state index contributed by atoms with van der Waals surface area (Å²) in [6, 6.07) is 0.771. The molecule has 4 aliphatic rings. The fourth-order valence-electron chi connectivity index (χ4n) is 6.37. The SMILES string of the molecule is CC(=O)C1CCC2(CC1)CC(N1CCN(c3cnc(C(C)C)nc3)CC13CC3)C2. The summed E-state index contributed by atoms with van der Waals surface area (Å²) in [6.45, 7) is 9.46. The molecule has 158 valence electrons. The van der Waals surface area contributed by atoms with Crippen LogP contribution in [0.4, 0.5) is 5.69 Å². The number of carbonyl (C=O) groups is 1. The number of Topliss-reactive ketones (excluding diaryl/α,β-unsaturated/α-hetero) is 1. The first kappa shape index (κ1) is 19.5. The number of anilines is 1. The highest BCUT2D eigenvalue weighted by Gasteiger charge is 2.58. The number of ketones is 1. The van der Waals surface area contributed by atoms with E-state index in [4.69, 9.17) is 0 Å². The van der Waals surface area contributed by atoms with E-state index in [1.807, 2.05) is 12.4 Å². The van der Waals surface area contributed by atoms with Crippen molar-refractivity contribution in [1.29, 1.82) is 0 Å². The minimum atomic E-state index is 0.349. The average molecular weight is 397 g/mol. The Labute approximate surface area is 175 Å². The van der Waals surface area contributed by atoms with Gasteiger partial charge in [-0.1, -0.05) is 13.8 Å². The van der Waals surface area contributed by atoms with Gasteiger partial charge in [0, 0.05) is 43.1 Å². The third kappa shape index (κ3) is 3.49. The molecule has 2 spiro atoms. The molecule has 0 amide bonds. The van der Waals surface area contributed by atoms with Gasteiger partial charge in [0.1, 0.15) is 11.6 Å². The lowest BCUT2D eigenvalue weighted by molar-refractivity contribution is -0.124. The number of nitrogens with zero attached hydrogens (tertiary/aromatic N) is 4. The van der Waals surface area contributed by atoms with Crippen molar-refractivity contribution in [2.45, 2.75) is 89.6 Å². The van der Waals surface area contributed by atoms with Crippen LogP contribution in [0.25, 0.3) is 0 Å². The van der Waals surface area contributed by atoms with Gasteiger partial charge in [-0.25, -0.2) is 9.97 Å². The number of carbonyl (C=O) groups excluding carboxylic acids is 1. The molecule has 0 unspecified atom stereocenters. The highest BCUT2D eigenvalue weighted by molar-refractivity contribution is 5.78. The minimum absolute atomic E-state index is 0.349. The van der Waals surface area contributed by atoms with Gasteiger partial charge in [0.15, 0.2) is 0 Å². The van der Waals surface area contributed by atoms with Crippen molar-refractivity contribution in [3.8, 4) is 0 Å². The zero-order valence-electron chi connectivity index (χ0n) is 18.4. The summed E-state index contributed by atoms with van der Waals surface area (Å²) in [4.78, 5) is 26.3. The second kappa shape index (κ2) is 7.04. The molecule has 1 aromatic rings. The van der Waals surface area contributed by atoms with E-state index in [1.54, 1.807) is 6.92 Å². The van der Waals surface area contributed by atoms with Crippen molar-refractivity contribution in [3.63, 3.8) is 0 Å². The van der Waals surface area contributed by atoms with Crippen LogP contribution in [0.3, 0.4) is 0 Å². The summed E-state index contributed by atoms with van der Waals surface area (Å²) < 4.78 is 0. The molecule has 1 aromatic heterocycles. The lowest BCUT2D eigenvalue weighted by Gasteiger charge is -2.58. The third-order valence-electron chi connectivity index (χ3n) is 8.47. The predicted molar refractivity (Wildman–Crippen MR) is 115 cm³/mol. The molecule has 5 rings (SSSR count). The molecule has 1 saturated heterocycles. The maximum atomic E-state index is 11.7. The maximum Gasteiger partial charge on any atom is 0.132 e. The predicted octanol–water partition coefficient (Wildman–Crippen LogP) is 4.18. The monoisotopic (exact) mass is 396 g/mol. The molecular weight excluding hydrogens is 360 g/mol. The van der Waals surface area contributed by atoms with Crippen LogP contribution in [0.5, 0.6) is 0 Å². The smallest absolute Gasteiger partial charge is 0.132 e. The van der Waals surface area contributed by atoms with Gasteiger partial charge in [0.25, 0.3) is 0 Å². The first-order valence-corrected chi connectivity index (χ1v) is 11.7. The Morgan fingerprint density at radius 3 is 2.28 bits per heavy atom. The van der Waals surface area contributed by atoms with Crippen molar-refractivity contribution in [1.82, 2.24) is 14.9 Å². The Hall–Kier alpha value is -1.49. The molecule has 4 fully saturated rings. The Bertz CT molecular complexity index is 754. The lowest BCUT2D eigenvalue weighted by Crippen LogP contribution is -2.63. The summed E-state index contributed by atoms with van der Waals surface area (Å²) in [5, 5.41) is 0. The third-order valence-corrected chi connectivity index (χ3v) is 8.47. The van der Waals surface area contributed by atoms with Crippen LogP contribution in [0.1, 0.15) is 83.9 Å². The van der Waals surface area contributed by atoms with Crippen molar-refractivity contribution in [2.75, 3.05) is 24.5 Å². The van der Waals surface area contributed by atoms with Gasteiger partial charge in [0.2, 0.25) is 0 Å². The van der Waals surface area contributed by atoms with Gasteiger partial charge in [0.05, 0.1) is 18.1 Å². The highest BCUT2D eigenvalue weighted by atomic mass is 16.1. The van der Waals surface area contributed by atoms with Crippen LogP contribution in [0.15, 0.2) is 12.4 Å². The highest BCUT2D eigenvalue weighted by Crippen LogP contribution is 2.58. The van der Waals surface area contributed by atoms with E-state index < -0.39 is 0 Å². The molecular formula is C24H36N4O. The molecule has 3 saturated carbocycles. The average Bonchev–Trinajstić information content (AvgIpc) is 3.46. The molecule has 0 N–H and O–H groups in total. The van der Waals surface area contributed by atoms with Gasteiger partial charge < -0.3 is 4.90 Å². The fraction of sp³-hybridized carbons (Fsp3) is 0.792. The van der Waals surface area contributed by atoms with E-state index in [0.717, 1.165) is 37.8 Å².